The summed E-state index contributed by atoms with van der Waals surface area (Å²) in [6.45, 7) is 6.72. The molecule has 4 saturated carbocycles. The SMILES string of the molecule is CC(CCCC1C2CC3CC(C2)CC1C3)Oc1ccc(C(C)C)cc1. The lowest BCUT2D eigenvalue weighted by molar-refractivity contribution is -0.0410. The first-order chi connectivity index (χ1) is 12.1. The molecule has 0 radical (unpaired) electrons. The van der Waals surface area contributed by atoms with E-state index in [2.05, 4.69) is 45.0 Å². The van der Waals surface area contributed by atoms with Crippen LogP contribution in [0.3, 0.4) is 0 Å². The third-order valence-corrected chi connectivity index (χ3v) is 7.45. The molecule has 4 aliphatic carbocycles. The van der Waals surface area contributed by atoms with Crippen LogP contribution >= 0.6 is 0 Å². The lowest BCUT2D eigenvalue weighted by atomic mass is 9.51. The molecule has 5 rings (SSSR count). The first kappa shape index (κ1) is 17.4. The minimum absolute atomic E-state index is 0.335. The van der Waals surface area contributed by atoms with Crippen molar-refractivity contribution in [3.05, 3.63) is 29.8 Å². The fourth-order valence-electron chi connectivity index (χ4n) is 6.37. The van der Waals surface area contributed by atoms with Crippen molar-refractivity contribution in [3.63, 3.8) is 0 Å². The number of benzene rings is 1. The molecule has 0 aliphatic heterocycles. The molecule has 4 bridgehead atoms. The van der Waals surface area contributed by atoms with E-state index in [0.717, 1.165) is 35.3 Å². The van der Waals surface area contributed by atoms with E-state index in [1.165, 1.54) is 24.8 Å². The molecular weight excluding hydrogens is 304 g/mol. The summed E-state index contributed by atoms with van der Waals surface area (Å²) in [5, 5.41) is 0. The Morgan fingerprint density at radius 2 is 1.48 bits per heavy atom. The van der Waals surface area contributed by atoms with Crippen LogP contribution < -0.4 is 4.74 Å². The van der Waals surface area contributed by atoms with Crippen LogP contribution in [0, 0.1) is 29.6 Å². The average Bonchev–Trinajstić information content (AvgIpc) is 2.57. The highest BCUT2D eigenvalue weighted by Gasteiger charge is 2.47. The Labute approximate surface area is 154 Å². The molecule has 1 unspecified atom stereocenters. The van der Waals surface area contributed by atoms with E-state index in [4.69, 9.17) is 4.74 Å². The van der Waals surface area contributed by atoms with E-state index in [1.54, 1.807) is 32.1 Å². The van der Waals surface area contributed by atoms with Gasteiger partial charge < -0.3 is 4.74 Å². The third kappa shape index (κ3) is 3.91. The van der Waals surface area contributed by atoms with Gasteiger partial charge in [0.15, 0.2) is 0 Å². The number of ether oxygens (including phenoxy) is 1. The van der Waals surface area contributed by atoms with Gasteiger partial charge in [-0.2, -0.15) is 0 Å². The number of hydrogen-bond donors (Lipinski definition) is 0. The molecule has 0 saturated heterocycles. The maximum atomic E-state index is 6.16. The Bertz CT molecular complexity index is 530. The molecule has 4 fully saturated rings. The molecule has 25 heavy (non-hydrogen) atoms. The number of rotatable bonds is 7. The Hall–Kier alpha value is -0.980. The van der Waals surface area contributed by atoms with Crippen molar-refractivity contribution in [2.24, 2.45) is 29.6 Å². The lowest BCUT2D eigenvalue weighted by Gasteiger charge is -2.54. The van der Waals surface area contributed by atoms with Crippen LogP contribution in [0.1, 0.15) is 83.6 Å². The van der Waals surface area contributed by atoms with Gasteiger partial charge >= 0.3 is 0 Å². The molecule has 1 aromatic rings. The first-order valence-electron chi connectivity index (χ1n) is 10.8. The van der Waals surface area contributed by atoms with Crippen molar-refractivity contribution in [1.82, 2.24) is 0 Å². The van der Waals surface area contributed by atoms with Crippen LogP contribution in [-0.4, -0.2) is 6.10 Å². The summed E-state index contributed by atoms with van der Waals surface area (Å²) in [5.41, 5.74) is 1.39. The second-order valence-electron chi connectivity index (χ2n) is 9.68. The molecule has 138 valence electrons. The quantitative estimate of drug-likeness (QED) is 0.529. The fraction of sp³-hybridized carbons (Fsp3) is 0.750. The highest BCUT2D eigenvalue weighted by atomic mass is 16.5. The molecule has 4 aliphatic rings. The van der Waals surface area contributed by atoms with E-state index in [1.807, 2.05) is 0 Å². The second-order valence-corrected chi connectivity index (χ2v) is 9.68. The summed E-state index contributed by atoms with van der Waals surface area (Å²) >= 11 is 0. The molecule has 1 atom stereocenters. The third-order valence-electron chi connectivity index (χ3n) is 7.45. The van der Waals surface area contributed by atoms with Gasteiger partial charge in [-0.15, -0.1) is 0 Å². The summed E-state index contributed by atoms with van der Waals surface area (Å²) in [6, 6.07) is 8.70. The normalized spacial score (nSPS) is 34.5. The number of hydrogen-bond acceptors (Lipinski definition) is 1. The van der Waals surface area contributed by atoms with Gasteiger partial charge in [0.2, 0.25) is 0 Å². The standard InChI is InChI=1S/C24H36O/c1-16(2)20-7-9-23(10-8-20)25-17(3)5-4-6-24-21-12-18-11-19(14-21)15-22(24)13-18/h7-10,16-19,21-22,24H,4-6,11-15H2,1-3H3. The van der Waals surface area contributed by atoms with E-state index in [-0.39, 0.29) is 0 Å². The van der Waals surface area contributed by atoms with Crippen LogP contribution in [0.5, 0.6) is 5.75 Å². The van der Waals surface area contributed by atoms with E-state index in [0.29, 0.717) is 12.0 Å². The highest BCUT2D eigenvalue weighted by Crippen LogP contribution is 2.57. The largest absolute Gasteiger partial charge is 0.491 e. The van der Waals surface area contributed by atoms with Crippen molar-refractivity contribution in [3.8, 4) is 5.75 Å². The average molecular weight is 341 g/mol. The van der Waals surface area contributed by atoms with Gasteiger partial charge in [0.25, 0.3) is 0 Å². The Morgan fingerprint density at radius 3 is 2.04 bits per heavy atom. The van der Waals surface area contributed by atoms with E-state index >= 15 is 0 Å². The molecule has 0 amide bonds. The van der Waals surface area contributed by atoms with Gasteiger partial charge in [-0.05, 0) is 111 Å². The molecule has 1 nitrogen and oxygen atoms in total. The zero-order chi connectivity index (χ0) is 17.4. The maximum Gasteiger partial charge on any atom is 0.119 e. The van der Waals surface area contributed by atoms with Crippen LogP contribution in [0.4, 0.5) is 0 Å². The summed E-state index contributed by atoms with van der Waals surface area (Å²) in [7, 11) is 0. The molecule has 0 heterocycles. The van der Waals surface area contributed by atoms with Crippen molar-refractivity contribution in [1.29, 1.82) is 0 Å². The van der Waals surface area contributed by atoms with Gasteiger partial charge in [0, 0.05) is 0 Å². The molecule has 0 aromatic heterocycles. The minimum atomic E-state index is 0.335. The van der Waals surface area contributed by atoms with Crippen molar-refractivity contribution < 1.29 is 4.74 Å². The van der Waals surface area contributed by atoms with E-state index in [9.17, 15) is 0 Å². The Balaban J connectivity index is 1.22. The smallest absolute Gasteiger partial charge is 0.119 e. The first-order valence-corrected chi connectivity index (χ1v) is 10.8. The Kier molecular flexibility index (Phi) is 5.11. The van der Waals surface area contributed by atoms with Crippen molar-refractivity contribution >= 4 is 0 Å². The molecule has 0 N–H and O–H groups in total. The van der Waals surface area contributed by atoms with Gasteiger partial charge in [-0.3, -0.25) is 0 Å². The summed E-state index contributed by atoms with van der Waals surface area (Å²) < 4.78 is 6.16. The summed E-state index contributed by atoms with van der Waals surface area (Å²) in [5.74, 6) is 7.04. The summed E-state index contributed by atoms with van der Waals surface area (Å²) in [4.78, 5) is 0. The zero-order valence-electron chi connectivity index (χ0n) is 16.4. The highest BCUT2D eigenvalue weighted by molar-refractivity contribution is 5.29. The topological polar surface area (TPSA) is 9.23 Å². The lowest BCUT2D eigenvalue weighted by Crippen LogP contribution is -2.45. The minimum Gasteiger partial charge on any atom is -0.491 e. The van der Waals surface area contributed by atoms with Crippen LogP contribution in [-0.2, 0) is 0 Å². The summed E-state index contributed by atoms with van der Waals surface area (Å²) in [6.07, 6.45) is 12.2. The van der Waals surface area contributed by atoms with Gasteiger partial charge in [0.05, 0.1) is 6.10 Å². The monoisotopic (exact) mass is 340 g/mol. The van der Waals surface area contributed by atoms with Crippen LogP contribution in [0.2, 0.25) is 0 Å². The van der Waals surface area contributed by atoms with Gasteiger partial charge in [-0.1, -0.05) is 26.0 Å². The predicted octanol–water partition coefficient (Wildman–Crippen LogP) is 6.82. The van der Waals surface area contributed by atoms with Gasteiger partial charge in [-0.25, -0.2) is 0 Å². The van der Waals surface area contributed by atoms with Crippen LogP contribution in [0.15, 0.2) is 24.3 Å². The molecular formula is C24H36O. The van der Waals surface area contributed by atoms with Gasteiger partial charge in [0.1, 0.15) is 5.75 Å². The maximum absolute atomic E-state index is 6.16. The fourth-order valence-corrected chi connectivity index (χ4v) is 6.37. The molecule has 1 aromatic carbocycles. The molecule has 1 heteroatoms. The van der Waals surface area contributed by atoms with Crippen molar-refractivity contribution in [2.75, 3.05) is 0 Å². The second kappa shape index (κ2) is 7.33. The Morgan fingerprint density at radius 1 is 0.880 bits per heavy atom. The van der Waals surface area contributed by atoms with Crippen LogP contribution in [0.25, 0.3) is 0 Å². The zero-order valence-corrected chi connectivity index (χ0v) is 16.4. The van der Waals surface area contributed by atoms with Crippen molar-refractivity contribution in [2.45, 2.75) is 84.2 Å². The van der Waals surface area contributed by atoms with E-state index < -0.39 is 0 Å². The predicted molar refractivity (Wildman–Crippen MR) is 105 cm³/mol. The molecule has 0 spiro atoms.